The maximum absolute atomic E-state index is 5.03. The summed E-state index contributed by atoms with van der Waals surface area (Å²) in [5.41, 5.74) is 1.02. The second-order valence-electron chi connectivity index (χ2n) is 1.82. The molecule has 0 atom stereocenters. The lowest BCUT2D eigenvalue weighted by molar-refractivity contribution is 0.715. The third-order valence-corrected chi connectivity index (χ3v) is 1.70. The molecule has 0 saturated heterocycles. The van der Waals surface area contributed by atoms with Crippen molar-refractivity contribution >= 4 is 29.1 Å². The molecule has 0 bridgehead atoms. The van der Waals surface area contributed by atoms with Crippen LogP contribution in [0.4, 0.5) is 0 Å². The zero-order valence-corrected chi connectivity index (χ0v) is 7.54. The van der Waals surface area contributed by atoms with Gasteiger partial charge < -0.3 is 3.07 Å². The first kappa shape index (κ1) is 7.60. The van der Waals surface area contributed by atoms with E-state index < -0.39 is 0 Å². The topological polar surface area (TPSA) is 9.23 Å². The Morgan fingerprint density at radius 1 is 1.40 bits per heavy atom. The molecule has 0 spiro atoms. The average Bonchev–Trinajstić information content (AvgIpc) is 2.04. The zero-order valence-electron chi connectivity index (χ0n) is 5.38. The Morgan fingerprint density at radius 2 is 2.10 bits per heavy atom. The molecule has 0 radical (unpaired) electrons. The van der Waals surface area contributed by atoms with Crippen LogP contribution < -0.4 is 3.07 Å². The molecule has 0 aromatic heterocycles. The van der Waals surface area contributed by atoms with Crippen molar-refractivity contribution in [3.8, 4) is 5.75 Å². The first-order chi connectivity index (χ1) is 4.88. The van der Waals surface area contributed by atoms with Gasteiger partial charge in [0.1, 0.15) is 5.75 Å². The molecule has 10 heavy (non-hydrogen) atoms. The third kappa shape index (κ3) is 1.50. The van der Waals surface area contributed by atoms with Gasteiger partial charge in [-0.25, -0.2) is 0 Å². The molecule has 0 fully saturated rings. The third-order valence-electron chi connectivity index (χ3n) is 1.22. The van der Waals surface area contributed by atoms with E-state index in [-0.39, 0.29) is 0 Å². The minimum atomic E-state index is 0.859. The van der Waals surface area contributed by atoms with E-state index in [9.17, 15) is 0 Å². The molecule has 0 aliphatic carbocycles. The Labute approximate surface area is 74.4 Å². The lowest BCUT2D eigenvalue weighted by atomic mass is 10.2. The van der Waals surface area contributed by atoms with Gasteiger partial charge in [-0.2, -0.15) is 0 Å². The summed E-state index contributed by atoms with van der Waals surface area (Å²) < 4.78 is 5.03. The largest absolute Gasteiger partial charge is 0.427 e. The van der Waals surface area contributed by atoms with E-state index in [0.717, 1.165) is 11.3 Å². The van der Waals surface area contributed by atoms with Gasteiger partial charge in [0.25, 0.3) is 0 Å². The van der Waals surface area contributed by atoms with Crippen LogP contribution >= 0.6 is 23.0 Å². The fourth-order valence-electron chi connectivity index (χ4n) is 0.719. The summed E-state index contributed by atoms with van der Waals surface area (Å²) in [6.45, 7) is 3.66. The van der Waals surface area contributed by atoms with Crippen molar-refractivity contribution < 1.29 is 3.07 Å². The van der Waals surface area contributed by atoms with Crippen molar-refractivity contribution in [2.24, 2.45) is 0 Å². The summed E-state index contributed by atoms with van der Waals surface area (Å²) in [5, 5.41) is 0. The minimum absolute atomic E-state index is 0.859. The summed E-state index contributed by atoms with van der Waals surface area (Å²) >= 11 is 1.85. The maximum atomic E-state index is 5.03. The molecule has 0 N–H and O–H groups in total. The fourth-order valence-corrected chi connectivity index (χ4v) is 1.12. The van der Waals surface area contributed by atoms with Gasteiger partial charge in [-0.1, -0.05) is 30.9 Å². The first-order valence-corrected chi connectivity index (χ1v) is 3.76. The van der Waals surface area contributed by atoms with E-state index in [0.29, 0.717) is 0 Å². The smallest absolute Gasteiger partial charge is 0.192 e. The lowest BCUT2D eigenvalue weighted by Gasteiger charge is -1.99. The van der Waals surface area contributed by atoms with Crippen LogP contribution in [0.3, 0.4) is 0 Å². The van der Waals surface area contributed by atoms with Crippen LogP contribution in [-0.4, -0.2) is 0 Å². The van der Waals surface area contributed by atoms with Crippen molar-refractivity contribution in [3.05, 3.63) is 36.4 Å². The standard InChI is InChI=1S/C8H7IO/c1-2-7-5-3-4-6-8(7)10-9/h2-6H,1H2. The molecule has 0 aliphatic heterocycles. The van der Waals surface area contributed by atoms with Crippen molar-refractivity contribution in [3.63, 3.8) is 0 Å². The van der Waals surface area contributed by atoms with Gasteiger partial charge in [-0.05, 0) is 6.07 Å². The number of hydrogen-bond acceptors (Lipinski definition) is 1. The number of para-hydroxylation sites is 1. The average molecular weight is 246 g/mol. The van der Waals surface area contributed by atoms with E-state index in [4.69, 9.17) is 3.07 Å². The van der Waals surface area contributed by atoms with E-state index in [1.807, 2.05) is 47.3 Å². The number of benzene rings is 1. The molecule has 0 saturated carbocycles. The van der Waals surface area contributed by atoms with E-state index in [2.05, 4.69) is 6.58 Å². The summed E-state index contributed by atoms with van der Waals surface area (Å²) in [6.07, 6.45) is 1.77. The zero-order chi connectivity index (χ0) is 7.40. The minimum Gasteiger partial charge on any atom is -0.427 e. The van der Waals surface area contributed by atoms with E-state index in [1.165, 1.54) is 0 Å². The summed E-state index contributed by atoms with van der Waals surface area (Å²) in [4.78, 5) is 0. The highest BCUT2D eigenvalue weighted by molar-refractivity contribution is 14.1. The van der Waals surface area contributed by atoms with Gasteiger partial charge in [0.2, 0.25) is 0 Å². The van der Waals surface area contributed by atoms with E-state index >= 15 is 0 Å². The quantitative estimate of drug-likeness (QED) is 0.728. The van der Waals surface area contributed by atoms with Gasteiger partial charge in [0, 0.05) is 5.56 Å². The molecule has 1 aromatic rings. The molecule has 52 valence electrons. The highest BCUT2D eigenvalue weighted by atomic mass is 127. The lowest BCUT2D eigenvalue weighted by Crippen LogP contribution is -1.77. The highest BCUT2D eigenvalue weighted by Crippen LogP contribution is 2.20. The van der Waals surface area contributed by atoms with Crippen molar-refractivity contribution in [2.75, 3.05) is 0 Å². The predicted molar refractivity (Wildman–Crippen MR) is 51.2 cm³/mol. The van der Waals surface area contributed by atoms with Crippen LogP contribution in [0.2, 0.25) is 0 Å². The van der Waals surface area contributed by atoms with Crippen LogP contribution in [0, 0.1) is 0 Å². The Bertz CT molecular complexity index is 232. The van der Waals surface area contributed by atoms with Crippen molar-refractivity contribution in [2.45, 2.75) is 0 Å². The Kier molecular flexibility index (Phi) is 2.74. The molecule has 0 amide bonds. The predicted octanol–water partition coefficient (Wildman–Crippen LogP) is 3.06. The van der Waals surface area contributed by atoms with Crippen LogP contribution in [0.15, 0.2) is 30.8 Å². The second-order valence-corrected chi connectivity index (χ2v) is 2.26. The summed E-state index contributed by atoms with van der Waals surface area (Å²) in [6, 6.07) is 7.75. The van der Waals surface area contributed by atoms with Gasteiger partial charge in [-0.3, -0.25) is 0 Å². The Hall–Kier alpha value is -0.510. The highest BCUT2D eigenvalue weighted by Gasteiger charge is 1.94. The van der Waals surface area contributed by atoms with Gasteiger partial charge >= 0.3 is 0 Å². The molecule has 1 rings (SSSR count). The molecule has 1 nitrogen and oxygen atoms in total. The molecule has 0 aliphatic rings. The molecular weight excluding hydrogens is 239 g/mol. The fraction of sp³-hybridized carbons (Fsp3) is 0. The number of hydrogen-bond donors (Lipinski definition) is 0. The normalized spacial score (nSPS) is 8.90. The Morgan fingerprint density at radius 3 is 2.60 bits per heavy atom. The first-order valence-electron chi connectivity index (χ1n) is 2.88. The van der Waals surface area contributed by atoms with Gasteiger partial charge in [-0.15, -0.1) is 0 Å². The van der Waals surface area contributed by atoms with Crippen LogP contribution in [0.1, 0.15) is 5.56 Å². The summed E-state index contributed by atoms with van der Waals surface area (Å²) in [5.74, 6) is 0.859. The van der Waals surface area contributed by atoms with Gasteiger partial charge in [0.05, 0.1) is 0 Å². The number of halogens is 1. The maximum Gasteiger partial charge on any atom is 0.192 e. The molecular formula is C8H7IO. The van der Waals surface area contributed by atoms with E-state index in [1.54, 1.807) is 6.08 Å². The van der Waals surface area contributed by atoms with Crippen LogP contribution in [0.25, 0.3) is 6.08 Å². The van der Waals surface area contributed by atoms with Crippen LogP contribution in [0.5, 0.6) is 5.75 Å². The summed E-state index contributed by atoms with van der Waals surface area (Å²) in [7, 11) is 0. The molecule has 1 aromatic carbocycles. The molecule has 0 unspecified atom stereocenters. The second kappa shape index (κ2) is 3.61. The van der Waals surface area contributed by atoms with Crippen LogP contribution in [-0.2, 0) is 0 Å². The van der Waals surface area contributed by atoms with Crippen molar-refractivity contribution in [1.29, 1.82) is 0 Å². The monoisotopic (exact) mass is 246 g/mol. The SMILES string of the molecule is C=Cc1ccccc1OI. The molecule has 2 heteroatoms. The van der Waals surface area contributed by atoms with Gasteiger partial charge in [0.15, 0.2) is 23.0 Å². The molecule has 0 heterocycles. The van der Waals surface area contributed by atoms with Crippen molar-refractivity contribution in [1.82, 2.24) is 0 Å². The Balaban J connectivity index is 3.08. The number of rotatable bonds is 2.